The fraction of sp³-hybridized carbons (Fsp3) is 0.261. The van der Waals surface area contributed by atoms with E-state index < -0.39 is 17.6 Å². The molecule has 2 aromatic carbocycles. The van der Waals surface area contributed by atoms with Crippen LogP contribution in [0.2, 0.25) is 0 Å². The molecule has 3 rings (SSSR count). The maximum absolute atomic E-state index is 14.1. The fourth-order valence-corrected chi connectivity index (χ4v) is 3.28. The lowest BCUT2D eigenvalue weighted by Crippen LogP contribution is -2.10. The zero-order chi connectivity index (χ0) is 22.7. The van der Waals surface area contributed by atoms with Gasteiger partial charge in [0.15, 0.2) is 11.5 Å². The molecule has 162 valence electrons. The number of carboxylic acid groups (broad SMARTS) is 1. The summed E-state index contributed by atoms with van der Waals surface area (Å²) in [6.07, 6.45) is 0.843. The van der Waals surface area contributed by atoms with Crippen LogP contribution in [0.1, 0.15) is 35.5 Å². The van der Waals surface area contributed by atoms with Crippen molar-refractivity contribution in [2.45, 2.75) is 26.4 Å². The minimum absolute atomic E-state index is 0.0335. The average Bonchev–Trinajstić information content (AvgIpc) is 2.71. The second kappa shape index (κ2) is 8.99. The number of hydrogen-bond acceptors (Lipinski definition) is 6. The van der Waals surface area contributed by atoms with Crippen LogP contribution >= 0.6 is 0 Å². The average molecular weight is 427 g/mol. The van der Waals surface area contributed by atoms with Gasteiger partial charge >= 0.3 is 5.97 Å². The quantitative estimate of drug-likeness (QED) is 0.542. The largest absolute Gasteiger partial charge is 0.493 e. The standard InChI is InChI=1S/C23H22FNO6/c1-12(2)31-16-6-13(5-15(24)8-16)23(28)22-18-10-20(30-4)19(29-3)9-17(18)14(11-25-22)7-21(26)27/h5-6,8-12H,7H2,1-4H3,(H,26,27). The van der Waals surface area contributed by atoms with Gasteiger partial charge in [-0.1, -0.05) is 0 Å². The Bertz CT molecular complexity index is 1160. The first-order valence-electron chi connectivity index (χ1n) is 9.50. The first kappa shape index (κ1) is 22.0. The van der Waals surface area contributed by atoms with Crippen molar-refractivity contribution in [3.05, 3.63) is 59.2 Å². The van der Waals surface area contributed by atoms with E-state index in [-0.39, 0.29) is 29.5 Å². The number of aliphatic carboxylic acids is 1. The first-order valence-corrected chi connectivity index (χ1v) is 9.50. The minimum Gasteiger partial charge on any atom is -0.493 e. The smallest absolute Gasteiger partial charge is 0.307 e. The van der Waals surface area contributed by atoms with Crippen LogP contribution in [-0.4, -0.2) is 42.2 Å². The van der Waals surface area contributed by atoms with E-state index in [1.807, 2.05) is 0 Å². The molecule has 0 amide bonds. The monoisotopic (exact) mass is 427 g/mol. The Morgan fingerprint density at radius 3 is 2.26 bits per heavy atom. The van der Waals surface area contributed by atoms with Gasteiger partial charge in [0.1, 0.15) is 17.3 Å². The Kier molecular flexibility index (Phi) is 6.39. The molecule has 1 aromatic heterocycles. The lowest BCUT2D eigenvalue weighted by molar-refractivity contribution is -0.136. The summed E-state index contributed by atoms with van der Waals surface area (Å²) in [7, 11) is 2.90. The second-order valence-corrected chi connectivity index (χ2v) is 7.13. The number of fused-ring (bicyclic) bond motifs is 1. The molecule has 0 saturated heterocycles. The summed E-state index contributed by atoms with van der Waals surface area (Å²) in [6, 6.07) is 6.92. The molecule has 0 spiro atoms. The molecule has 0 saturated carbocycles. The van der Waals surface area contributed by atoms with E-state index in [1.165, 1.54) is 32.5 Å². The number of aromatic nitrogens is 1. The van der Waals surface area contributed by atoms with Crippen molar-refractivity contribution in [1.82, 2.24) is 4.98 Å². The number of carbonyl (C=O) groups excluding carboxylic acids is 1. The van der Waals surface area contributed by atoms with E-state index in [1.54, 1.807) is 26.0 Å². The first-order chi connectivity index (χ1) is 14.7. The molecule has 0 unspecified atom stereocenters. The number of methoxy groups -OCH3 is 2. The highest BCUT2D eigenvalue weighted by molar-refractivity contribution is 6.16. The molecule has 0 bridgehead atoms. The van der Waals surface area contributed by atoms with Crippen LogP contribution in [0.25, 0.3) is 10.8 Å². The van der Waals surface area contributed by atoms with Crippen LogP contribution in [-0.2, 0) is 11.2 Å². The summed E-state index contributed by atoms with van der Waals surface area (Å²) in [5, 5.41) is 10.1. The van der Waals surface area contributed by atoms with Crippen molar-refractivity contribution < 1.29 is 33.3 Å². The molecule has 8 heteroatoms. The Balaban J connectivity index is 2.21. The molecule has 7 nitrogen and oxygen atoms in total. The summed E-state index contributed by atoms with van der Waals surface area (Å²) in [6.45, 7) is 3.59. The summed E-state index contributed by atoms with van der Waals surface area (Å²) in [5.74, 6) is -1.24. The Hall–Kier alpha value is -3.68. The normalized spacial score (nSPS) is 10.9. The van der Waals surface area contributed by atoms with Crippen molar-refractivity contribution in [1.29, 1.82) is 0 Å². The van der Waals surface area contributed by atoms with Gasteiger partial charge in [-0.15, -0.1) is 0 Å². The number of ketones is 1. The second-order valence-electron chi connectivity index (χ2n) is 7.13. The third-order valence-corrected chi connectivity index (χ3v) is 4.54. The topological polar surface area (TPSA) is 95.0 Å². The number of pyridine rings is 1. The van der Waals surface area contributed by atoms with Crippen molar-refractivity contribution in [3.63, 3.8) is 0 Å². The molecule has 0 aliphatic carbocycles. The van der Waals surface area contributed by atoms with Crippen LogP contribution in [0.15, 0.2) is 36.5 Å². The predicted molar refractivity (Wildman–Crippen MR) is 112 cm³/mol. The minimum atomic E-state index is -1.04. The number of ether oxygens (including phenoxy) is 3. The van der Waals surface area contributed by atoms with Gasteiger partial charge in [-0.2, -0.15) is 0 Å². The van der Waals surface area contributed by atoms with Crippen molar-refractivity contribution in [2.24, 2.45) is 0 Å². The number of carboxylic acids is 1. The maximum Gasteiger partial charge on any atom is 0.307 e. The van der Waals surface area contributed by atoms with E-state index >= 15 is 0 Å². The van der Waals surface area contributed by atoms with Gasteiger partial charge < -0.3 is 19.3 Å². The molecule has 0 aliphatic heterocycles. The lowest BCUT2D eigenvalue weighted by atomic mass is 9.97. The van der Waals surface area contributed by atoms with E-state index in [2.05, 4.69) is 4.98 Å². The van der Waals surface area contributed by atoms with Gasteiger partial charge in [0.2, 0.25) is 5.78 Å². The number of carbonyl (C=O) groups is 2. The Labute approximate surface area is 178 Å². The molecule has 1 N–H and O–H groups in total. The van der Waals surface area contributed by atoms with Crippen molar-refractivity contribution in [3.8, 4) is 17.2 Å². The third kappa shape index (κ3) is 4.74. The van der Waals surface area contributed by atoms with Gasteiger partial charge in [-0.25, -0.2) is 4.39 Å². The number of hydrogen-bond donors (Lipinski definition) is 1. The third-order valence-electron chi connectivity index (χ3n) is 4.54. The van der Waals surface area contributed by atoms with Gasteiger partial charge in [-0.05, 0) is 49.1 Å². The van der Waals surface area contributed by atoms with Crippen LogP contribution in [0.4, 0.5) is 4.39 Å². The number of nitrogens with zero attached hydrogens (tertiary/aromatic N) is 1. The van der Waals surface area contributed by atoms with E-state index in [0.29, 0.717) is 27.8 Å². The molecular formula is C23H22FNO6. The number of benzene rings is 2. The molecule has 3 aromatic rings. The highest BCUT2D eigenvalue weighted by Crippen LogP contribution is 2.35. The van der Waals surface area contributed by atoms with Gasteiger partial charge in [0, 0.05) is 23.2 Å². The summed E-state index contributed by atoms with van der Waals surface area (Å²) in [5.41, 5.74) is 0.500. The van der Waals surface area contributed by atoms with E-state index in [0.717, 1.165) is 6.07 Å². The Morgan fingerprint density at radius 1 is 1.03 bits per heavy atom. The van der Waals surface area contributed by atoms with Crippen molar-refractivity contribution >= 4 is 22.5 Å². The van der Waals surface area contributed by atoms with Crippen LogP contribution < -0.4 is 14.2 Å². The van der Waals surface area contributed by atoms with Crippen molar-refractivity contribution in [2.75, 3.05) is 14.2 Å². The van der Waals surface area contributed by atoms with Crippen LogP contribution in [0, 0.1) is 5.82 Å². The van der Waals surface area contributed by atoms with Gasteiger partial charge in [0.25, 0.3) is 0 Å². The lowest BCUT2D eigenvalue weighted by Gasteiger charge is -2.14. The fourth-order valence-electron chi connectivity index (χ4n) is 3.28. The predicted octanol–water partition coefficient (Wildman–Crippen LogP) is 4.04. The molecule has 31 heavy (non-hydrogen) atoms. The molecular weight excluding hydrogens is 405 g/mol. The zero-order valence-electron chi connectivity index (χ0n) is 17.6. The summed E-state index contributed by atoms with van der Waals surface area (Å²) in [4.78, 5) is 28.8. The van der Waals surface area contributed by atoms with Gasteiger partial charge in [-0.3, -0.25) is 14.6 Å². The number of halogens is 1. The Morgan fingerprint density at radius 2 is 1.68 bits per heavy atom. The molecule has 0 fully saturated rings. The van der Waals surface area contributed by atoms with Crippen LogP contribution in [0.5, 0.6) is 17.2 Å². The SMILES string of the molecule is COc1cc2c(CC(=O)O)cnc(C(=O)c3cc(F)cc(OC(C)C)c3)c2cc1OC. The molecule has 0 radical (unpaired) electrons. The van der Waals surface area contributed by atoms with E-state index in [4.69, 9.17) is 14.2 Å². The van der Waals surface area contributed by atoms with Crippen LogP contribution in [0.3, 0.4) is 0 Å². The van der Waals surface area contributed by atoms with Gasteiger partial charge in [0.05, 0.1) is 26.7 Å². The summed E-state index contributed by atoms with van der Waals surface area (Å²) >= 11 is 0. The highest BCUT2D eigenvalue weighted by Gasteiger charge is 2.21. The highest BCUT2D eigenvalue weighted by atomic mass is 19.1. The molecule has 1 heterocycles. The summed E-state index contributed by atoms with van der Waals surface area (Å²) < 4.78 is 30.3. The zero-order valence-corrected chi connectivity index (χ0v) is 17.6. The maximum atomic E-state index is 14.1. The number of rotatable bonds is 8. The molecule has 0 atom stereocenters. The van der Waals surface area contributed by atoms with E-state index in [9.17, 15) is 19.1 Å². The molecule has 0 aliphatic rings.